The number of nitrogens with zero attached hydrogens (tertiary/aromatic N) is 2. The van der Waals surface area contributed by atoms with E-state index < -0.39 is 0 Å². The second-order valence-corrected chi connectivity index (χ2v) is 9.45. The lowest BCUT2D eigenvalue weighted by atomic mass is 10.00. The number of fused-ring (bicyclic) bond motifs is 1. The van der Waals surface area contributed by atoms with Crippen LogP contribution in [0.25, 0.3) is 10.8 Å². The number of halogens is 3. The molecule has 0 aromatic heterocycles. The summed E-state index contributed by atoms with van der Waals surface area (Å²) in [6, 6.07) is 27.2. The largest absolute Gasteiger partial charge is 0.360 e. The highest BCUT2D eigenvalue weighted by atomic mass is 35.5. The van der Waals surface area contributed by atoms with Crippen LogP contribution in [0.2, 0.25) is 15.1 Å². The smallest absolute Gasteiger partial charge is 0.254 e. The van der Waals surface area contributed by atoms with E-state index in [0.717, 1.165) is 22.0 Å². The molecule has 4 aromatic carbocycles. The van der Waals surface area contributed by atoms with Crippen molar-refractivity contribution < 1.29 is 4.79 Å². The monoisotopic (exact) mass is 494 g/mol. The third-order valence-corrected chi connectivity index (χ3v) is 6.93. The van der Waals surface area contributed by atoms with E-state index in [0.29, 0.717) is 40.3 Å². The Morgan fingerprint density at radius 3 is 2.24 bits per heavy atom. The zero-order valence-electron chi connectivity index (χ0n) is 17.7. The normalized spacial score (nSPS) is 16.3. The van der Waals surface area contributed by atoms with Gasteiger partial charge in [0.25, 0.3) is 5.91 Å². The highest BCUT2D eigenvalue weighted by Gasteiger charge is 2.32. The van der Waals surface area contributed by atoms with E-state index in [-0.39, 0.29) is 11.9 Å². The van der Waals surface area contributed by atoms with Crippen molar-refractivity contribution >= 4 is 57.2 Å². The molecule has 0 radical (unpaired) electrons. The fourth-order valence-corrected chi connectivity index (χ4v) is 5.09. The maximum atomic E-state index is 13.5. The minimum absolute atomic E-state index is 0.0292. The minimum Gasteiger partial charge on any atom is -0.360 e. The van der Waals surface area contributed by atoms with Gasteiger partial charge in [-0.1, -0.05) is 77.3 Å². The summed E-state index contributed by atoms with van der Waals surface area (Å²) in [6.45, 7) is 1.77. The predicted octanol–water partition coefficient (Wildman–Crippen LogP) is 7.50. The first-order chi connectivity index (χ1) is 16.0. The molecule has 6 heteroatoms. The van der Waals surface area contributed by atoms with Gasteiger partial charge in [-0.15, -0.1) is 0 Å². The molecule has 1 amide bonds. The van der Waals surface area contributed by atoms with E-state index in [1.807, 2.05) is 77.7 Å². The maximum Gasteiger partial charge on any atom is 0.254 e. The summed E-state index contributed by atoms with van der Waals surface area (Å²) < 4.78 is 0. The van der Waals surface area contributed by atoms with Crippen molar-refractivity contribution in [1.82, 2.24) is 4.90 Å². The van der Waals surface area contributed by atoms with E-state index in [1.165, 1.54) is 0 Å². The van der Waals surface area contributed by atoms with Gasteiger partial charge in [-0.25, -0.2) is 0 Å². The number of carbonyl (C=O) groups excluding carboxylic acids is 1. The summed E-state index contributed by atoms with van der Waals surface area (Å²) >= 11 is 18.8. The third-order valence-electron chi connectivity index (χ3n) is 6.14. The average molecular weight is 496 g/mol. The molecule has 5 rings (SSSR count). The number of carbonyl (C=O) groups is 1. The summed E-state index contributed by atoms with van der Waals surface area (Å²) in [7, 11) is 0. The molecule has 3 nitrogen and oxygen atoms in total. The van der Waals surface area contributed by atoms with Crippen LogP contribution < -0.4 is 4.90 Å². The Bertz CT molecular complexity index is 1320. The Balaban J connectivity index is 1.48. The van der Waals surface area contributed by atoms with Gasteiger partial charge >= 0.3 is 0 Å². The summed E-state index contributed by atoms with van der Waals surface area (Å²) in [5, 5.41) is 4.04. The van der Waals surface area contributed by atoms with Crippen molar-refractivity contribution in [1.29, 1.82) is 0 Å². The molecule has 1 aliphatic rings. The van der Waals surface area contributed by atoms with Gasteiger partial charge in [0.15, 0.2) is 0 Å². The van der Waals surface area contributed by atoms with Gasteiger partial charge in [0.2, 0.25) is 0 Å². The molecular formula is C27H21Cl3N2O. The molecule has 166 valence electrons. The van der Waals surface area contributed by atoms with Crippen molar-refractivity contribution in [2.75, 3.05) is 24.5 Å². The van der Waals surface area contributed by atoms with Crippen molar-refractivity contribution in [2.45, 2.75) is 6.04 Å². The second kappa shape index (κ2) is 9.26. The molecule has 1 fully saturated rings. The van der Waals surface area contributed by atoms with E-state index in [4.69, 9.17) is 34.8 Å². The first kappa shape index (κ1) is 22.1. The Morgan fingerprint density at radius 1 is 0.758 bits per heavy atom. The highest BCUT2D eigenvalue weighted by Crippen LogP contribution is 2.37. The summed E-state index contributed by atoms with van der Waals surface area (Å²) in [5.41, 5.74) is 2.67. The first-order valence-corrected chi connectivity index (χ1v) is 11.9. The summed E-state index contributed by atoms with van der Waals surface area (Å²) in [6.07, 6.45) is 0. The molecule has 1 heterocycles. The van der Waals surface area contributed by atoms with Gasteiger partial charge in [-0.05, 0) is 58.8 Å². The molecule has 0 aliphatic carbocycles. The van der Waals surface area contributed by atoms with Crippen molar-refractivity contribution in [2.24, 2.45) is 0 Å². The number of benzene rings is 4. The van der Waals surface area contributed by atoms with Gasteiger partial charge in [0, 0.05) is 35.2 Å². The van der Waals surface area contributed by atoms with Crippen LogP contribution in [0.4, 0.5) is 5.69 Å². The number of amides is 1. The third kappa shape index (κ3) is 4.54. The van der Waals surface area contributed by atoms with Crippen LogP contribution in [-0.2, 0) is 0 Å². The van der Waals surface area contributed by atoms with Crippen LogP contribution in [0.15, 0.2) is 84.9 Å². The van der Waals surface area contributed by atoms with E-state index in [9.17, 15) is 4.79 Å². The molecule has 0 N–H and O–H groups in total. The molecule has 0 saturated carbocycles. The van der Waals surface area contributed by atoms with Crippen molar-refractivity contribution in [3.05, 3.63) is 111 Å². The van der Waals surface area contributed by atoms with Gasteiger partial charge in [0.05, 0.1) is 16.8 Å². The Hall–Kier alpha value is -2.72. The van der Waals surface area contributed by atoms with Crippen LogP contribution in [-0.4, -0.2) is 30.4 Å². The van der Waals surface area contributed by atoms with Crippen LogP contribution in [0.1, 0.15) is 22.0 Å². The molecule has 0 bridgehead atoms. The van der Waals surface area contributed by atoms with E-state index in [1.54, 1.807) is 6.07 Å². The minimum atomic E-state index is -0.0703. The van der Waals surface area contributed by atoms with Crippen LogP contribution in [0, 0.1) is 0 Å². The summed E-state index contributed by atoms with van der Waals surface area (Å²) in [4.78, 5) is 17.6. The number of piperazine rings is 1. The van der Waals surface area contributed by atoms with Crippen LogP contribution in [0.3, 0.4) is 0 Å². The number of hydrogen-bond acceptors (Lipinski definition) is 2. The zero-order valence-corrected chi connectivity index (χ0v) is 20.0. The zero-order chi connectivity index (χ0) is 22.9. The van der Waals surface area contributed by atoms with Crippen molar-refractivity contribution in [3.63, 3.8) is 0 Å². The Kier molecular flexibility index (Phi) is 6.20. The SMILES string of the molecule is O=C(c1ccc2ccccc2c1)N1CCN(c2ccc(Cl)cc2Cl)C(c2ccc(Cl)cc2)C1. The Morgan fingerprint density at radius 2 is 1.48 bits per heavy atom. The van der Waals surface area contributed by atoms with Crippen LogP contribution >= 0.6 is 34.8 Å². The molecule has 1 aliphatic heterocycles. The molecular weight excluding hydrogens is 475 g/mol. The predicted molar refractivity (Wildman–Crippen MR) is 138 cm³/mol. The maximum absolute atomic E-state index is 13.5. The Labute approximate surface area is 208 Å². The van der Waals surface area contributed by atoms with E-state index >= 15 is 0 Å². The highest BCUT2D eigenvalue weighted by molar-refractivity contribution is 6.36. The number of hydrogen-bond donors (Lipinski definition) is 0. The lowest BCUT2D eigenvalue weighted by molar-refractivity contribution is 0.0722. The lowest BCUT2D eigenvalue weighted by Gasteiger charge is -2.43. The fourth-order valence-electron chi connectivity index (χ4n) is 4.45. The van der Waals surface area contributed by atoms with Crippen LogP contribution in [0.5, 0.6) is 0 Å². The second-order valence-electron chi connectivity index (χ2n) is 8.17. The average Bonchev–Trinajstić information content (AvgIpc) is 2.84. The van der Waals surface area contributed by atoms with Gasteiger partial charge < -0.3 is 9.80 Å². The standard InChI is InChI=1S/C27H21Cl3N2O/c28-22-9-7-19(8-10-22)26-17-31(13-14-32(26)25-12-11-23(29)16-24(25)30)27(33)21-6-5-18-3-1-2-4-20(18)15-21/h1-12,15-16,26H,13-14,17H2. The van der Waals surface area contributed by atoms with Gasteiger partial charge in [-0.3, -0.25) is 4.79 Å². The fraction of sp³-hybridized carbons (Fsp3) is 0.148. The van der Waals surface area contributed by atoms with Gasteiger partial charge in [-0.2, -0.15) is 0 Å². The number of anilines is 1. The van der Waals surface area contributed by atoms with Crippen molar-refractivity contribution in [3.8, 4) is 0 Å². The molecule has 1 atom stereocenters. The number of rotatable bonds is 3. The molecule has 33 heavy (non-hydrogen) atoms. The summed E-state index contributed by atoms with van der Waals surface area (Å²) in [5.74, 6) is 0.0292. The quantitative estimate of drug-likeness (QED) is 0.294. The topological polar surface area (TPSA) is 23.6 Å². The lowest BCUT2D eigenvalue weighted by Crippen LogP contribution is -2.50. The molecule has 4 aromatic rings. The van der Waals surface area contributed by atoms with Gasteiger partial charge in [0.1, 0.15) is 0 Å². The molecule has 0 spiro atoms. The molecule has 1 unspecified atom stereocenters. The first-order valence-electron chi connectivity index (χ1n) is 10.7. The van der Waals surface area contributed by atoms with E-state index in [2.05, 4.69) is 11.0 Å². The molecule has 1 saturated heterocycles.